The molecule has 114 valence electrons. The van der Waals surface area contributed by atoms with E-state index in [9.17, 15) is 4.79 Å². The number of carboxylic acid groups (broad SMARTS) is 1. The van der Waals surface area contributed by atoms with E-state index in [0.717, 1.165) is 45.1 Å². The van der Waals surface area contributed by atoms with Gasteiger partial charge in [0.15, 0.2) is 0 Å². The summed E-state index contributed by atoms with van der Waals surface area (Å²) in [6.07, 6.45) is 3.75. The third-order valence-corrected chi connectivity index (χ3v) is 4.47. The molecule has 1 aromatic carbocycles. The van der Waals surface area contributed by atoms with Crippen LogP contribution in [0.3, 0.4) is 0 Å². The lowest BCUT2D eigenvalue weighted by atomic mass is 10.1. The SMILES string of the molecule is O=C(O)CN1CCCN(Cc2ccc(C3CC3)cc2)CC1. The van der Waals surface area contributed by atoms with Crippen molar-refractivity contribution in [3.8, 4) is 0 Å². The Morgan fingerprint density at radius 1 is 1.05 bits per heavy atom. The maximum atomic E-state index is 10.8. The van der Waals surface area contributed by atoms with Crippen LogP contribution in [-0.2, 0) is 11.3 Å². The number of carboxylic acids is 1. The Balaban J connectivity index is 1.51. The molecule has 0 aromatic heterocycles. The highest BCUT2D eigenvalue weighted by molar-refractivity contribution is 5.69. The molecule has 1 N–H and O–H groups in total. The van der Waals surface area contributed by atoms with Gasteiger partial charge in [-0.3, -0.25) is 14.6 Å². The zero-order chi connectivity index (χ0) is 14.7. The van der Waals surface area contributed by atoms with E-state index in [1.54, 1.807) is 0 Å². The molecule has 0 bridgehead atoms. The van der Waals surface area contributed by atoms with Crippen molar-refractivity contribution in [2.24, 2.45) is 0 Å². The topological polar surface area (TPSA) is 43.8 Å². The number of nitrogens with zero attached hydrogens (tertiary/aromatic N) is 2. The molecular formula is C17H24N2O2. The van der Waals surface area contributed by atoms with E-state index >= 15 is 0 Å². The Morgan fingerprint density at radius 2 is 1.71 bits per heavy atom. The number of hydrogen-bond donors (Lipinski definition) is 1. The van der Waals surface area contributed by atoms with Gasteiger partial charge in [0.2, 0.25) is 0 Å². The summed E-state index contributed by atoms with van der Waals surface area (Å²) < 4.78 is 0. The minimum atomic E-state index is -0.723. The molecule has 1 saturated carbocycles. The molecular weight excluding hydrogens is 264 g/mol. The first kappa shape index (κ1) is 14.5. The van der Waals surface area contributed by atoms with Crippen molar-refractivity contribution in [2.45, 2.75) is 31.7 Å². The van der Waals surface area contributed by atoms with Crippen LogP contribution in [0.4, 0.5) is 0 Å². The average Bonchev–Trinajstić information content (AvgIpc) is 3.28. The van der Waals surface area contributed by atoms with Crippen LogP contribution in [0.25, 0.3) is 0 Å². The third-order valence-electron chi connectivity index (χ3n) is 4.47. The molecule has 1 aromatic rings. The van der Waals surface area contributed by atoms with Crippen LogP contribution in [0.2, 0.25) is 0 Å². The molecule has 21 heavy (non-hydrogen) atoms. The van der Waals surface area contributed by atoms with E-state index < -0.39 is 5.97 Å². The molecule has 4 nitrogen and oxygen atoms in total. The van der Waals surface area contributed by atoms with E-state index in [4.69, 9.17) is 5.11 Å². The Hall–Kier alpha value is -1.39. The standard InChI is InChI=1S/C17H24N2O2/c20-17(21)13-19-9-1-8-18(10-11-19)12-14-2-4-15(5-3-14)16-6-7-16/h2-5,16H,1,6-13H2,(H,20,21). The molecule has 1 aliphatic heterocycles. The molecule has 1 heterocycles. The van der Waals surface area contributed by atoms with Crippen LogP contribution in [0.1, 0.15) is 36.3 Å². The highest BCUT2D eigenvalue weighted by atomic mass is 16.4. The number of aliphatic carboxylic acids is 1. The normalized spacial score (nSPS) is 21.1. The molecule has 2 aliphatic rings. The largest absolute Gasteiger partial charge is 0.480 e. The van der Waals surface area contributed by atoms with Crippen LogP contribution in [-0.4, -0.2) is 53.6 Å². The number of hydrogen-bond acceptors (Lipinski definition) is 3. The van der Waals surface area contributed by atoms with Crippen molar-refractivity contribution < 1.29 is 9.90 Å². The van der Waals surface area contributed by atoms with Crippen molar-refractivity contribution in [1.82, 2.24) is 9.80 Å². The van der Waals surface area contributed by atoms with Gasteiger partial charge in [-0.25, -0.2) is 0 Å². The fourth-order valence-electron chi connectivity index (χ4n) is 3.10. The summed E-state index contributed by atoms with van der Waals surface area (Å²) in [7, 11) is 0. The molecule has 0 radical (unpaired) electrons. The van der Waals surface area contributed by atoms with Gasteiger partial charge >= 0.3 is 5.97 Å². The quantitative estimate of drug-likeness (QED) is 0.901. The molecule has 2 fully saturated rings. The Morgan fingerprint density at radius 3 is 2.38 bits per heavy atom. The van der Waals surface area contributed by atoms with E-state index in [1.165, 1.54) is 24.0 Å². The fraction of sp³-hybridized carbons (Fsp3) is 0.588. The van der Waals surface area contributed by atoms with Crippen molar-refractivity contribution in [1.29, 1.82) is 0 Å². The maximum Gasteiger partial charge on any atom is 0.317 e. The second-order valence-corrected chi connectivity index (χ2v) is 6.32. The van der Waals surface area contributed by atoms with Crippen LogP contribution in [0, 0.1) is 0 Å². The van der Waals surface area contributed by atoms with Gasteiger partial charge in [-0.05, 0) is 42.9 Å². The Labute approximate surface area is 126 Å². The predicted molar refractivity (Wildman–Crippen MR) is 82.4 cm³/mol. The summed E-state index contributed by atoms with van der Waals surface area (Å²) >= 11 is 0. The number of benzene rings is 1. The average molecular weight is 288 g/mol. The summed E-state index contributed by atoms with van der Waals surface area (Å²) in [4.78, 5) is 15.3. The maximum absolute atomic E-state index is 10.8. The molecule has 0 amide bonds. The van der Waals surface area contributed by atoms with Gasteiger partial charge in [0.05, 0.1) is 6.54 Å². The minimum Gasteiger partial charge on any atom is -0.480 e. The summed E-state index contributed by atoms with van der Waals surface area (Å²) in [6, 6.07) is 9.07. The van der Waals surface area contributed by atoms with Gasteiger partial charge in [0, 0.05) is 26.2 Å². The van der Waals surface area contributed by atoms with Crippen molar-refractivity contribution >= 4 is 5.97 Å². The number of carbonyl (C=O) groups is 1. The summed E-state index contributed by atoms with van der Waals surface area (Å²) in [6.45, 7) is 4.91. The number of rotatable bonds is 5. The van der Waals surface area contributed by atoms with Gasteiger partial charge < -0.3 is 5.11 Å². The third kappa shape index (κ3) is 4.29. The lowest BCUT2D eigenvalue weighted by Gasteiger charge is -2.21. The fourth-order valence-corrected chi connectivity index (χ4v) is 3.10. The molecule has 1 aliphatic carbocycles. The minimum absolute atomic E-state index is 0.171. The molecule has 0 unspecified atom stereocenters. The van der Waals surface area contributed by atoms with E-state index in [-0.39, 0.29) is 6.54 Å². The van der Waals surface area contributed by atoms with Crippen LogP contribution >= 0.6 is 0 Å². The van der Waals surface area contributed by atoms with Crippen molar-refractivity contribution in [3.63, 3.8) is 0 Å². The monoisotopic (exact) mass is 288 g/mol. The first-order valence-electron chi connectivity index (χ1n) is 7.96. The van der Waals surface area contributed by atoms with Crippen LogP contribution < -0.4 is 0 Å². The lowest BCUT2D eigenvalue weighted by Crippen LogP contribution is -2.34. The van der Waals surface area contributed by atoms with E-state index in [2.05, 4.69) is 29.2 Å². The van der Waals surface area contributed by atoms with Crippen LogP contribution in [0.5, 0.6) is 0 Å². The van der Waals surface area contributed by atoms with Crippen molar-refractivity contribution in [2.75, 3.05) is 32.7 Å². The Bertz CT molecular complexity index is 482. The molecule has 3 rings (SSSR count). The van der Waals surface area contributed by atoms with Crippen molar-refractivity contribution in [3.05, 3.63) is 35.4 Å². The molecule has 1 saturated heterocycles. The molecule has 4 heteroatoms. The zero-order valence-corrected chi connectivity index (χ0v) is 12.5. The Kier molecular flexibility index (Phi) is 4.56. The second kappa shape index (κ2) is 6.58. The van der Waals surface area contributed by atoms with E-state index in [0.29, 0.717) is 0 Å². The predicted octanol–water partition coefficient (Wildman–Crippen LogP) is 2.16. The molecule has 0 atom stereocenters. The summed E-state index contributed by atoms with van der Waals surface area (Å²) in [5.41, 5.74) is 2.85. The second-order valence-electron chi connectivity index (χ2n) is 6.32. The first-order valence-corrected chi connectivity index (χ1v) is 7.96. The van der Waals surface area contributed by atoms with Crippen LogP contribution in [0.15, 0.2) is 24.3 Å². The smallest absolute Gasteiger partial charge is 0.317 e. The van der Waals surface area contributed by atoms with Gasteiger partial charge in [-0.2, -0.15) is 0 Å². The van der Waals surface area contributed by atoms with Gasteiger partial charge in [0.25, 0.3) is 0 Å². The van der Waals surface area contributed by atoms with Gasteiger partial charge in [-0.15, -0.1) is 0 Å². The highest BCUT2D eigenvalue weighted by Crippen LogP contribution is 2.39. The summed E-state index contributed by atoms with van der Waals surface area (Å²) in [5, 5.41) is 8.88. The first-order chi connectivity index (χ1) is 10.2. The van der Waals surface area contributed by atoms with E-state index in [1.807, 2.05) is 4.90 Å². The molecule has 0 spiro atoms. The van der Waals surface area contributed by atoms with Gasteiger partial charge in [0.1, 0.15) is 0 Å². The zero-order valence-electron chi connectivity index (χ0n) is 12.5. The highest BCUT2D eigenvalue weighted by Gasteiger charge is 2.23. The summed E-state index contributed by atoms with van der Waals surface area (Å²) in [5.74, 6) is 0.0981. The van der Waals surface area contributed by atoms with Gasteiger partial charge in [-0.1, -0.05) is 24.3 Å². The lowest BCUT2D eigenvalue weighted by molar-refractivity contribution is -0.138.